The molecule has 1 saturated carbocycles. The van der Waals surface area contributed by atoms with Gasteiger partial charge in [-0.2, -0.15) is 0 Å². The average molecular weight is 410 g/mol. The van der Waals surface area contributed by atoms with Gasteiger partial charge < -0.3 is 19.5 Å². The zero-order chi connectivity index (χ0) is 21.6. The first-order valence-corrected chi connectivity index (χ1v) is 10.5. The van der Waals surface area contributed by atoms with Gasteiger partial charge in [0, 0.05) is 31.3 Å². The summed E-state index contributed by atoms with van der Waals surface area (Å²) in [6.45, 7) is 7.24. The van der Waals surface area contributed by atoms with Gasteiger partial charge in [-0.15, -0.1) is 0 Å². The summed E-state index contributed by atoms with van der Waals surface area (Å²) in [5, 5.41) is 3.83. The van der Waals surface area contributed by atoms with E-state index < -0.39 is 18.0 Å². The third-order valence-electron chi connectivity index (χ3n) is 6.56. The van der Waals surface area contributed by atoms with Crippen molar-refractivity contribution in [1.82, 2.24) is 5.32 Å². The lowest BCUT2D eigenvalue weighted by molar-refractivity contribution is -0.147. The highest BCUT2D eigenvalue weighted by atomic mass is 16.6. The van der Waals surface area contributed by atoms with Crippen LogP contribution in [-0.2, 0) is 28.6 Å². The minimum absolute atomic E-state index is 0.0241. The molecular weight excluding hydrogens is 374 g/mol. The van der Waals surface area contributed by atoms with E-state index in [0.717, 1.165) is 38.5 Å². The first-order valence-electron chi connectivity index (χ1n) is 10.5. The van der Waals surface area contributed by atoms with E-state index in [1.807, 2.05) is 0 Å². The summed E-state index contributed by atoms with van der Waals surface area (Å²) in [4.78, 5) is 35.3. The smallest absolute Gasteiger partial charge is 0.336 e. The number of hydrogen-bond acceptors (Lipinski definition) is 7. The lowest BCUT2D eigenvalue weighted by Gasteiger charge is -2.46. The van der Waals surface area contributed by atoms with Crippen molar-refractivity contribution in [2.45, 2.75) is 82.9 Å². The summed E-state index contributed by atoms with van der Waals surface area (Å²) in [5.41, 5.74) is 0.134. The molecule has 1 heterocycles. The van der Waals surface area contributed by atoms with Crippen LogP contribution in [0.1, 0.15) is 65.2 Å². The maximum Gasteiger partial charge on any atom is 0.336 e. The summed E-state index contributed by atoms with van der Waals surface area (Å²) in [5.74, 6) is -0.565. The summed E-state index contributed by atoms with van der Waals surface area (Å²) >= 11 is 0. The molecule has 0 aromatic heterocycles. The Morgan fingerprint density at radius 1 is 1.14 bits per heavy atom. The van der Waals surface area contributed by atoms with Gasteiger partial charge in [-0.1, -0.05) is 26.3 Å². The van der Waals surface area contributed by atoms with Gasteiger partial charge in [0.2, 0.25) is 0 Å². The Balaban J connectivity index is 2.11. The number of methoxy groups -OCH3 is 2. The molecule has 29 heavy (non-hydrogen) atoms. The highest BCUT2D eigenvalue weighted by molar-refractivity contribution is 5.89. The van der Waals surface area contributed by atoms with Crippen LogP contribution < -0.4 is 5.32 Å². The lowest BCUT2D eigenvalue weighted by Crippen LogP contribution is -2.57. The molecule has 1 spiro atoms. The van der Waals surface area contributed by atoms with E-state index in [4.69, 9.17) is 14.2 Å². The van der Waals surface area contributed by atoms with Crippen molar-refractivity contribution >= 4 is 17.9 Å². The minimum atomic E-state index is -0.708. The number of piperidine rings is 1. The molecular formula is C22H35NO6. The summed E-state index contributed by atoms with van der Waals surface area (Å²) in [6, 6.07) is 0.0976. The molecule has 0 aromatic rings. The van der Waals surface area contributed by atoms with Gasteiger partial charge in [0.15, 0.2) is 0 Å². The predicted octanol–water partition coefficient (Wildman–Crippen LogP) is 2.92. The second kappa shape index (κ2) is 10.2. The molecule has 7 nitrogen and oxygen atoms in total. The Kier molecular flexibility index (Phi) is 8.25. The van der Waals surface area contributed by atoms with E-state index in [9.17, 15) is 14.4 Å². The topological polar surface area (TPSA) is 90.9 Å². The van der Waals surface area contributed by atoms with Gasteiger partial charge in [-0.05, 0) is 37.5 Å². The molecule has 1 N–H and O–H groups in total. The highest BCUT2D eigenvalue weighted by Crippen LogP contribution is 2.47. The molecule has 2 rings (SSSR count). The standard InChI is InChI=1S/C22H35NO6/c1-14(12-20(25)27-4)18-9-7-11-22(18)10-6-8-17(23-22)13-19(29-16(3)24)15(2)21(26)28-5/h14,17-19,23H,2,6-13H2,1,3-5H3/t14-,17+,18+,19?,22+/m0/s1. The number of nitrogens with one attached hydrogen (secondary N) is 1. The van der Waals surface area contributed by atoms with Crippen molar-refractivity contribution in [3.8, 4) is 0 Å². The van der Waals surface area contributed by atoms with Crippen LogP contribution in [0.5, 0.6) is 0 Å². The Labute approximate surface area is 173 Å². The van der Waals surface area contributed by atoms with E-state index >= 15 is 0 Å². The maximum absolute atomic E-state index is 11.9. The van der Waals surface area contributed by atoms with E-state index in [-0.39, 0.29) is 29.0 Å². The van der Waals surface area contributed by atoms with Crippen molar-refractivity contribution < 1.29 is 28.6 Å². The molecule has 0 bridgehead atoms. The molecule has 1 aliphatic heterocycles. The Bertz CT molecular complexity index is 633. The van der Waals surface area contributed by atoms with E-state index in [1.54, 1.807) is 0 Å². The van der Waals surface area contributed by atoms with Gasteiger partial charge in [0.05, 0.1) is 19.8 Å². The minimum Gasteiger partial charge on any atom is -0.469 e. The van der Waals surface area contributed by atoms with Gasteiger partial charge in [-0.3, -0.25) is 9.59 Å². The second-order valence-electron chi connectivity index (χ2n) is 8.50. The zero-order valence-corrected chi connectivity index (χ0v) is 18.1. The predicted molar refractivity (Wildman–Crippen MR) is 108 cm³/mol. The molecule has 2 fully saturated rings. The first kappa shape index (κ1) is 23.4. The summed E-state index contributed by atoms with van der Waals surface area (Å²) in [7, 11) is 2.72. The van der Waals surface area contributed by atoms with E-state index in [1.165, 1.54) is 21.1 Å². The van der Waals surface area contributed by atoms with Crippen LogP contribution in [0.3, 0.4) is 0 Å². The summed E-state index contributed by atoms with van der Waals surface area (Å²) in [6.07, 6.45) is 6.52. The number of hydrogen-bond donors (Lipinski definition) is 1. The van der Waals surface area contributed by atoms with Crippen LogP contribution >= 0.6 is 0 Å². The molecule has 5 atom stereocenters. The fourth-order valence-electron chi connectivity index (χ4n) is 5.28. The molecule has 0 amide bonds. The van der Waals surface area contributed by atoms with Gasteiger partial charge >= 0.3 is 17.9 Å². The Morgan fingerprint density at radius 2 is 1.79 bits per heavy atom. The zero-order valence-electron chi connectivity index (χ0n) is 18.1. The van der Waals surface area contributed by atoms with Crippen LogP contribution in [0.25, 0.3) is 0 Å². The number of carbonyl (C=O) groups excluding carboxylic acids is 3. The molecule has 0 aromatic carbocycles. The third-order valence-corrected chi connectivity index (χ3v) is 6.56. The number of ether oxygens (including phenoxy) is 3. The van der Waals surface area contributed by atoms with Crippen LogP contribution in [0.4, 0.5) is 0 Å². The fraction of sp³-hybridized carbons (Fsp3) is 0.773. The number of rotatable bonds is 8. The normalized spacial score (nSPS) is 28.4. The summed E-state index contributed by atoms with van der Waals surface area (Å²) < 4.78 is 15.0. The molecule has 0 radical (unpaired) electrons. The lowest BCUT2D eigenvalue weighted by atomic mass is 9.71. The Morgan fingerprint density at radius 3 is 2.38 bits per heavy atom. The van der Waals surface area contributed by atoms with Crippen molar-refractivity contribution in [1.29, 1.82) is 0 Å². The maximum atomic E-state index is 11.9. The van der Waals surface area contributed by atoms with Gasteiger partial charge in [0.25, 0.3) is 0 Å². The van der Waals surface area contributed by atoms with Gasteiger partial charge in [-0.25, -0.2) is 4.79 Å². The third kappa shape index (κ3) is 5.81. The molecule has 7 heteroatoms. The Hall–Kier alpha value is -1.89. The SMILES string of the molecule is C=C(C(=O)OC)C(C[C@H]1CCC[C@]2(CCC[C@@H]2[C@@H](C)CC(=O)OC)N1)OC(C)=O. The van der Waals surface area contributed by atoms with Crippen molar-refractivity contribution in [2.24, 2.45) is 11.8 Å². The molecule has 1 aliphatic carbocycles. The molecule has 164 valence electrons. The van der Waals surface area contributed by atoms with Crippen molar-refractivity contribution in [3.05, 3.63) is 12.2 Å². The number of carbonyl (C=O) groups is 3. The van der Waals surface area contributed by atoms with E-state index in [2.05, 4.69) is 18.8 Å². The highest BCUT2D eigenvalue weighted by Gasteiger charge is 2.48. The average Bonchev–Trinajstić information content (AvgIpc) is 3.08. The molecule has 1 saturated heterocycles. The quantitative estimate of drug-likeness (QED) is 0.374. The van der Waals surface area contributed by atoms with E-state index in [0.29, 0.717) is 18.8 Å². The molecule has 1 unspecified atom stereocenters. The van der Waals surface area contributed by atoms with Gasteiger partial charge in [0.1, 0.15) is 6.10 Å². The monoisotopic (exact) mass is 409 g/mol. The second-order valence-corrected chi connectivity index (χ2v) is 8.50. The number of esters is 3. The fourth-order valence-corrected chi connectivity index (χ4v) is 5.28. The van der Waals surface area contributed by atoms with Crippen LogP contribution in [0, 0.1) is 11.8 Å². The molecule has 2 aliphatic rings. The van der Waals surface area contributed by atoms with Crippen LogP contribution in [0.2, 0.25) is 0 Å². The van der Waals surface area contributed by atoms with Crippen LogP contribution in [-0.4, -0.2) is 49.8 Å². The largest absolute Gasteiger partial charge is 0.469 e. The van der Waals surface area contributed by atoms with Crippen molar-refractivity contribution in [2.75, 3.05) is 14.2 Å². The van der Waals surface area contributed by atoms with Crippen molar-refractivity contribution in [3.63, 3.8) is 0 Å². The first-order chi connectivity index (χ1) is 13.7. The van der Waals surface area contributed by atoms with Crippen LogP contribution in [0.15, 0.2) is 12.2 Å².